The quantitative estimate of drug-likeness (QED) is 0.101. The SMILES string of the molecule is NC(=NCCC[C@H](NC(=O)CCc1nc(-c2ccccc2)c(-c2ccccc2)o1)C(=O)O)NC(=O)OCc1ccccc1. The van der Waals surface area contributed by atoms with Gasteiger partial charge in [0.2, 0.25) is 5.91 Å². The zero-order chi connectivity index (χ0) is 30.4. The van der Waals surface area contributed by atoms with E-state index in [1.54, 1.807) is 0 Å². The van der Waals surface area contributed by atoms with Gasteiger partial charge in [0.15, 0.2) is 17.6 Å². The molecule has 11 nitrogen and oxygen atoms in total. The Balaban J connectivity index is 1.25. The lowest BCUT2D eigenvalue weighted by molar-refractivity contribution is -0.142. The summed E-state index contributed by atoms with van der Waals surface area (Å²) in [6.07, 6.45) is -0.145. The monoisotopic (exact) mass is 583 g/mol. The summed E-state index contributed by atoms with van der Waals surface area (Å²) in [6, 6.07) is 27.2. The maximum atomic E-state index is 12.6. The molecule has 5 N–H and O–H groups in total. The molecular formula is C32H33N5O6. The Labute approximate surface area is 248 Å². The van der Waals surface area contributed by atoms with Crippen LogP contribution in [-0.2, 0) is 27.4 Å². The number of carbonyl (C=O) groups is 3. The van der Waals surface area contributed by atoms with Gasteiger partial charge < -0.3 is 25.3 Å². The maximum Gasteiger partial charge on any atom is 0.414 e. The first-order chi connectivity index (χ1) is 20.9. The van der Waals surface area contributed by atoms with E-state index in [1.807, 2.05) is 91.0 Å². The summed E-state index contributed by atoms with van der Waals surface area (Å²) >= 11 is 0. The predicted molar refractivity (Wildman–Crippen MR) is 161 cm³/mol. The van der Waals surface area contributed by atoms with E-state index in [9.17, 15) is 19.5 Å². The van der Waals surface area contributed by atoms with Crippen LogP contribution < -0.4 is 16.4 Å². The normalized spacial score (nSPS) is 11.9. The first kappa shape index (κ1) is 30.5. The van der Waals surface area contributed by atoms with Gasteiger partial charge in [-0.15, -0.1) is 0 Å². The second kappa shape index (κ2) is 15.5. The zero-order valence-electron chi connectivity index (χ0n) is 23.4. The molecule has 0 saturated heterocycles. The number of nitrogens with one attached hydrogen (secondary N) is 2. The third kappa shape index (κ3) is 9.56. The fourth-order valence-corrected chi connectivity index (χ4v) is 4.19. The first-order valence-corrected chi connectivity index (χ1v) is 13.8. The average molecular weight is 584 g/mol. The molecule has 4 rings (SSSR count). The summed E-state index contributed by atoms with van der Waals surface area (Å²) in [5.41, 5.74) is 8.96. The molecule has 1 heterocycles. The van der Waals surface area contributed by atoms with E-state index in [2.05, 4.69) is 20.6 Å². The number of nitrogens with zero attached hydrogens (tertiary/aromatic N) is 2. The van der Waals surface area contributed by atoms with Crippen LogP contribution in [0.25, 0.3) is 22.6 Å². The van der Waals surface area contributed by atoms with Gasteiger partial charge in [0.05, 0.1) is 0 Å². The number of ether oxygens (including phenoxy) is 1. The van der Waals surface area contributed by atoms with Gasteiger partial charge in [-0.3, -0.25) is 15.1 Å². The Morgan fingerprint density at radius 3 is 2.21 bits per heavy atom. The highest BCUT2D eigenvalue weighted by Gasteiger charge is 2.21. The van der Waals surface area contributed by atoms with Crippen molar-refractivity contribution in [2.75, 3.05) is 6.54 Å². The number of carboxylic acid groups (broad SMARTS) is 1. The highest BCUT2D eigenvalue weighted by atomic mass is 16.5. The highest BCUT2D eigenvalue weighted by molar-refractivity contribution is 5.92. The number of aromatic nitrogens is 1. The van der Waals surface area contributed by atoms with Crippen molar-refractivity contribution in [2.24, 2.45) is 10.7 Å². The lowest BCUT2D eigenvalue weighted by atomic mass is 10.1. The number of hydrogen-bond acceptors (Lipinski definition) is 7. The molecule has 1 atom stereocenters. The number of rotatable bonds is 13. The fourth-order valence-electron chi connectivity index (χ4n) is 4.19. The summed E-state index contributed by atoms with van der Waals surface area (Å²) in [5, 5.41) is 14.5. The standard InChI is InChI=1S/C32H33N5O6/c33-31(37-32(41)42-21-22-11-4-1-5-12-22)34-20-10-17-25(30(39)40)35-26(38)18-19-27-36-28(23-13-6-2-7-14-23)29(43-27)24-15-8-3-9-16-24/h1-9,11-16,25H,10,17-21H2,(H,35,38)(H,39,40)(H3,33,34,37,41)/t25-/m0/s1. The minimum atomic E-state index is -1.17. The van der Waals surface area contributed by atoms with Gasteiger partial charge in [0.25, 0.3) is 0 Å². The van der Waals surface area contributed by atoms with Crippen LogP contribution >= 0.6 is 0 Å². The van der Waals surface area contributed by atoms with Gasteiger partial charge in [-0.1, -0.05) is 91.0 Å². The topological polar surface area (TPSA) is 169 Å². The molecule has 11 heteroatoms. The van der Waals surface area contributed by atoms with Crippen molar-refractivity contribution in [3.8, 4) is 22.6 Å². The lowest BCUT2D eigenvalue weighted by Gasteiger charge is -2.13. The van der Waals surface area contributed by atoms with Gasteiger partial charge in [-0.25, -0.2) is 14.6 Å². The molecule has 2 amide bonds. The number of hydrogen-bond donors (Lipinski definition) is 4. The third-order valence-electron chi connectivity index (χ3n) is 6.33. The van der Waals surface area contributed by atoms with Gasteiger partial charge in [-0.05, 0) is 18.4 Å². The number of nitrogens with two attached hydrogens (primary N) is 1. The first-order valence-electron chi connectivity index (χ1n) is 13.8. The molecule has 0 aliphatic rings. The molecule has 0 fully saturated rings. The number of guanidine groups is 1. The zero-order valence-corrected chi connectivity index (χ0v) is 23.4. The largest absolute Gasteiger partial charge is 0.480 e. The van der Waals surface area contributed by atoms with Crippen LogP contribution in [0.4, 0.5) is 4.79 Å². The summed E-state index contributed by atoms with van der Waals surface area (Å²) in [5.74, 6) is -0.783. The number of aryl methyl sites for hydroxylation is 1. The van der Waals surface area contributed by atoms with Crippen molar-refractivity contribution in [3.05, 3.63) is 102 Å². The number of oxazole rings is 1. The number of aliphatic imine (C=N–C) groups is 1. The molecule has 0 spiro atoms. The van der Waals surface area contributed by atoms with E-state index in [1.165, 1.54) is 0 Å². The Hall–Kier alpha value is -5.45. The maximum absolute atomic E-state index is 12.6. The van der Waals surface area contributed by atoms with Crippen molar-refractivity contribution >= 4 is 23.9 Å². The van der Waals surface area contributed by atoms with Crippen LogP contribution in [-0.4, -0.2) is 46.6 Å². The van der Waals surface area contributed by atoms with Crippen molar-refractivity contribution < 1.29 is 28.6 Å². The molecule has 0 radical (unpaired) electrons. The third-order valence-corrected chi connectivity index (χ3v) is 6.33. The minimum Gasteiger partial charge on any atom is -0.480 e. The molecule has 43 heavy (non-hydrogen) atoms. The molecule has 0 saturated carbocycles. The molecule has 0 bridgehead atoms. The van der Waals surface area contributed by atoms with E-state index in [0.29, 0.717) is 23.8 Å². The van der Waals surface area contributed by atoms with Crippen molar-refractivity contribution in [3.63, 3.8) is 0 Å². The van der Waals surface area contributed by atoms with Crippen molar-refractivity contribution in [1.82, 2.24) is 15.6 Å². The number of carboxylic acids is 1. The lowest BCUT2D eigenvalue weighted by Crippen LogP contribution is -2.41. The van der Waals surface area contributed by atoms with Gasteiger partial charge in [0.1, 0.15) is 18.3 Å². The number of benzene rings is 3. The number of carbonyl (C=O) groups excluding carboxylic acids is 2. The van der Waals surface area contributed by atoms with Crippen LogP contribution in [0.5, 0.6) is 0 Å². The van der Waals surface area contributed by atoms with Gasteiger partial charge >= 0.3 is 12.1 Å². The van der Waals surface area contributed by atoms with E-state index in [4.69, 9.17) is 14.9 Å². The summed E-state index contributed by atoms with van der Waals surface area (Å²) in [4.78, 5) is 44.9. The van der Waals surface area contributed by atoms with E-state index < -0.39 is 24.0 Å². The molecular weight excluding hydrogens is 550 g/mol. The second-order valence-corrected chi connectivity index (χ2v) is 9.57. The Bertz CT molecular complexity index is 1470. The van der Waals surface area contributed by atoms with Crippen LogP contribution in [0, 0.1) is 0 Å². The fraction of sp³-hybridized carbons (Fsp3) is 0.219. The number of alkyl carbamates (subject to hydrolysis) is 1. The van der Waals surface area contributed by atoms with Crippen LogP contribution in [0.1, 0.15) is 30.7 Å². The average Bonchev–Trinajstić information content (AvgIpc) is 3.46. The van der Waals surface area contributed by atoms with Crippen LogP contribution in [0.3, 0.4) is 0 Å². The molecule has 1 aromatic heterocycles. The van der Waals surface area contributed by atoms with Crippen molar-refractivity contribution in [1.29, 1.82) is 0 Å². The molecule has 3 aromatic carbocycles. The van der Waals surface area contributed by atoms with Crippen LogP contribution in [0.2, 0.25) is 0 Å². The molecule has 222 valence electrons. The van der Waals surface area contributed by atoms with Crippen molar-refractivity contribution in [2.45, 2.75) is 38.3 Å². The van der Waals surface area contributed by atoms with Gasteiger partial charge in [0, 0.05) is 30.5 Å². The molecule has 0 unspecified atom stereocenters. The summed E-state index contributed by atoms with van der Waals surface area (Å²) in [7, 11) is 0. The number of amides is 2. The molecule has 4 aromatic rings. The summed E-state index contributed by atoms with van der Waals surface area (Å²) in [6.45, 7) is 0.226. The molecule has 0 aliphatic heterocycles. The smallest absolute Gasteiger partial charge is 0.414 e. The Morgan fingerprint density at radius 2 is 1.56 bits per heavy atom. The van der Waals surface area contributed by atoms with Crippen LogP contribution in [0.15, 0.2) is 100 Å². The predicted octanol–water partition coefficient (Wildman–Crippen LogP) is 4.53. The number of aliphatic carboxylic acids is 1. The second-order valence-electron chi connectivity index (χ2n) is 9.57. The Kier molecular flexibility index (Phi) is 11.0. The molecule has 0 aliphatic carbocycles. The van der Waals surface area contributed by atoms with E-state index >= 15 is 0 Å². The Morgan fingerprint density at radius 1 is 0.930 bits per heavy atom. The summed E-state index contributed by atoms with van der Waals surface area (Å²) < 4.78 is 11.1. The van der Waals surface area contributed by atoms with Gasteiger partial charge in [-0.2, -0.15) is 0 Å². The highest BCUT2D eigenvalue weighted by Crippen LogP contribution is 2.32. The minimum absolute atomic E-state index is 0.00708. The van der Waals surface area contributed by atoms with E-state index in [-0.39, 0.29) is 38.4 Å². The van der Waals surface area contributed by atoms with E-state index in [0.717, 1.165) is 16.7 Å².